The van der Waals surface area contributed by atoms with E-state index in [4.69, 9.17) is 0 Å². The molecule has 0 aliphatic carbocycles. The third kappa shape index (κ3) is 3.70. The van der Waals surface area contributed by atoms with Crippen LogP contribution in [0.4, 0.5) is 8.78 Å². The first-order chi connectivity index (χ1) is 9.88. The predicted molar refractivity (Wildman–Crippen MR) is 82.1 cm³/mol. The number of rotatable bonds is 4. The number of ketones is 1. The Balaban J connectivity index is 2.18. The number of benzene rings is 2. The second-order valence-corrected chi connectivity index (χ2v) is 6.08. The third-order valence-corrected chi connectivity index (χ3v) is 4.24. The van der Waals surface area contributed by atoms with Crippen molar-refractivity contribution < 1.29 is 13.6 Å². The van der Waals surface area contributed by atoms with Crippen LogP contribution >= 0.6 is 11.8 Å². The molecule has 0 aliphatic heterocycles. The van der Waals surface area contributed by atoms with E-state index >= 15 is 0 Å². The van der Waals surface area contributed by atoms with Crippen LogP contribution in [0, 0.1) is 32.4 Å². The van der Waals surface area contributed by atoms with Gasteiger partial charge in [-0.15, -0.1) is 11.8 Å². The molecule has 0 heterocycles. The molecule has 0 bridgehead atoms. The molecule has 0 fully saturated rings. The molecule has 0 unspecified atom stereocenters. The van der Waals surface area contributed by atoms with E-state index in [2.05, 4.69) is 0 Å². The molecule has 0 atom stereocenters. The second-order valence-electron chi connectivity index (χ2n) is 5.06. The Labute approximate surface area is 127 Å². The lowest BCUT2D eigenvalue weighted by atomic mass is 9.97. The number of aryl methyl sites for hydroxylation is 3. The van der Waals surface area contributed by atoms with Gasteiger partial charge in [0.2, 0.25) is 0 Å². The molecular formula is C17H16F2OS. The van der Waals surface area contributed by atoms with Gasteiger partial charge < -0.3 is 0 Å². The average molecular weight is 306 g/mol. The molecule has 0 radical (unpaired) electrons. The Kier molecular flexibility index (Phi) is 4.78. The Hall–Kier alpha value is -1.68. The molecule has 0 N–H and O–H groups in total. The first kappa shape index (κ1) is 15.7. The molecule has 2 aromatic rings. The summed E-state index contributed by atoms with van der Waals surface area (Å²) < 4.78 is 26.6. The smallest absolute Gasteiger partial charge is 0.173 e. The first-order valence-electron chi connectivity index (χ1n) is 6.57. The van der Waals surface area contributed by atoms with Gasteiger partial charge in [0.15, 0.2) is 5.78 Å². The topological polar surface area (TPSA) is 17.1 Å². The summed E-state index contributed by atoms with van der Waals surface area (Å²) in [6, 6.07) is 7.16. The molecule has 2 rings (SSSR count). The Morgan fingerprint density at radius 3 is 2.29 bits per heavy atom. The summed E-state index contributed by atoms with van der Waals surface area (Å²) in [6.45, 7) is 5.76. The van der Waals surface area contributed by atoms with Crippen molar-refractivity contribution in [2.45, 2.75) is 25.7 Å². The monoisotopic (exact) mass is 306 g/mol. The molecule has 0 aromatic heterocycles. The van der Waals surface area contributed by atoms with Crippen molar-refractivity contribution in [2.24, 2.45) is 0 Å². The molecule has 0 saturated heterocycles. The van der Waals surface area contributed by atoms with Crippen LogP contribution in [0.3, 0.4) is 0 Å². The molecule has 1 nitrogen and oxygen atoms in total. The maximum Gasteiger partial charge on any atom is 0.173 e. The van der Waals surface area contributed by atoms with Crippen molar-refractivity contribution in [3.05, 3.63) is 64.2 Å². The molecular weight excluding hydrogens is 290 g/mol. The summed E-state index contributed by atoms with van der Waals surface area (Å²) in [4.78, 5) is 12.5. The number of carbonyl (C=O) groups excluding carboxylic acids is 1. The van der Waals surface area contributed by atoms with Crippen LogP contribution in [-0.2, 0) is 0 Å². The highest BCUT2D eigenvalue weighted by molar-refractivity contribution is 8.00. The van der Waals surface area contributed by atoms with E-state index in [1.807, 2.05) is 32.9 Å². The normalized spacial score (nSPS) is 10.7. The lowest BCUT2D eigenvalue weighted by molar-refractivity contribution is 0.102. The van der Waals surface area contributed by atoms with Gasteiger partial charge in [-0.2, -0.15) is 0 Å². The van der Waals surface area contributed by atoms with Gasteiger partial charge in [0.1, 0.15) is 11.6 Å². The zero-order valence-corrected chi connectivity index (χ0v) is 13.0. The minimum Gasteiger partial charge on any atom is -0.293 e. The largest absolute Gasteiger partial charge is 0.293 e. The maximum atomic E-state index is 13.5. The fourth-order valence-electron chi connectivity index (χ4n) is 2.42. The van der Waals surface area contributed by atoms with Crippen LogP contribution in [0.2, 0.25) is 0 Å². The van der Waals surface area contributed by atoms with Crippen molar-refractivity contribution in [3.63, 3.8) is 0 Å². The van der Waals surface area contributed by atoms with Gasteiger partial charge in [-0.3, -0.25) is 4.79 Å². The molecule has 110 valence electrons. The quantitative estimate of drug-likeness (QED) is 0.592. The van der Waals surface area contributed by atoms with Crippen molar-refractivity contribution in [1.29, 1.82) is 0 Å². The minimum atomic E-state index is -0.508. The van der Waals surface area contributed by atoms with Gasteiger partial charge in [-0.05, 0) is 50.1 Å². The average Bonchev–Trinajstić information content (AvgIpc) is 2.38. The molecule has 0 saturated carbocycles. The standard InChI is InChI=1S/C17H16F2OS/c1-10-6-11(2)17(12(3)7-10)15(20)9-21-16-8-13(18)4-5-14(16)19/h4-8H,9H2,1-3H3. The number of Topliss-reactive ketones (excluding diaryl/α,β-unsaturated/α-hetero) is 1. The molecule has 21 heavy (non-hydrogen) atoms. The number of carbonyl (C=O) groups is 1. The molecule has 0 amide bonds. The van der Waals surface area contributed by atoms with E-state index in [9.17, 15) is 13.6 Å². The summed E-state index contributed by atoms with van der Waals surface area (Å²) in [6.07, 6.45) is 0. The zero-order valence-electron chi connectivity index (χ0n) is 12.2. The molecule has 0 spiro atoms. The van der Waals surface area contributed by atoms with Crippen molar-refractivity contribution >= 4 is 17.5 Å². The lowest BCUT2D eigenvalue weighted by Gasteiger charge is -2.10. The van der Waals surface area contributed by atoms with Crippen molar-refractivity contribution in [3.8, 4) is 0 Å². The third-order valence-electron chi connectivity index (χ3n) is 3.21. The van der Waals surface area contributed by atoms with Crippen LogP contribution in [0.25, 0.3) is 0 Å². The highest BCUT2D eigenvalue weighted by atomic mass is 32.2. The van der Waals surface area contributed by atoms with Crippen LogP contribution in [0.15, 0.2) is 35.2 Å². The van der Waals surface area contributed by atoms with Crippen LogP contribution in [0.5, 0.6) is 0 Å². The van der Waals surface area contributed by atoms with E-state index in [-0.39, 0.29) is 16.4 Å². The van der Waals surface area contributed by atoms with Crippen LogP contribution in [-0.4, -0.2) is 11.5 Å². The van der Waals surface area contributed by atoms with Crippen LogP contribution in [0.1, 0.15) is 27.0 Å². The molecule has 4 heteroatoms. The summed E-state index contributed by atoms with van der Waals surface area (Å²) in [5.41, 5.74) is 3.60. The Bertz CT molecular complexity index is 672. The van der Waals surface area contributed by atoms with Gasteiger partial charge in [0, 0.05) is 10.5 Å². The number of hydrogen-bond donors (Lipinski definition) is 0. The Morgan fingerprint density at radius 2 is 1.67 bits per heavy atom. The van der Waals surface area contributed by atoms with E-state index in [1.165, 1.54) is 0 Å². The second kappa shape index (κ2) is 6.39. The number of thioether (sulfide) groups is 1. The van der Waals surface area contributed by atoms with Gasteiger partial charge in [-0.25, -0.2) is 8.78 Å². The van der Waals surface area contributed by atoms with Gasteiger partial charge in [0.05, 0.1) is 5.75 Å². The predicted octanol–water partition coefficient (Wildman–Crippen LogP) is 4.87. The SMILES string of the molecule is Cc1cc(C)c(C(=O)CSc2cc(F)ccc2F)c(C)c1. The maximum absolute atomic E-state index is 13.5. The zero-order chi connectivity index (χ0) is 15.6. The van der Waals surface area contributed by atoms with E-state index in [0.29, 0.717) is 5.56 Å². The highest BCUT2D eigenvalue weighted by Gasteiger charge is 2.14. The molecule has 0 aliphatic rings. The fourth-order valence-corrected chi connectivity index (χ4v) is 3.26. The van der Waals surface area contributed by atoms with E-state index in [0.717, 1.165) is 46.7 Å². The van der Waals surface area contributed by atoms with Gasteiger partial charge >= 0.3 is 0 Å². The first-order valence-corrected chi connectivity index (χ1v) is 7.56. The molecule has 2 aromatic carbocycles. The van der Waals surface area contributed by atoms with Gasteiger partial charge in [-0.1, -0.05) is 17.7 Å². The minimum absolute atomic E-state index is 0.0707. The fraction of sp³-hybridized carbons (Fsp3) is 0.235. The highest BCUT2D eigenvalue weighted by Crippen LogP contribution is 2.25. The number of halogens is 2. The summed E-state index contributed by atoms with van der Waals surface area (Å²) >= 11 is 1.02. The Morgan fingerprint density at radius 1 is 1.05 bits per heavy atom. The summed E-state index contributed by atoms with van der Waals surface area (Å²) in [7, 11) is 0. The summed E-state index contributed by atoms with van der Waals surface area (Å²) in [5, 5.41) is 0. The van der Waals surface area contributed by atoms with Crippen molar-refractivity contribution in [2.75, 3.05) is 5.75 Å². The van der Waals surface area contributed by atoms with Crippen LogP contribution < -0.4 is 0 Å². The van der Waals surface area contributed by atoms with Gasteiger partial charge in [0.25, 0.3) is 0 Å². The summed E-state index contributed by atoms with van der Waals surface area (Å²) in [5.74, 6) is -0.996. The van der Waals surface area contributed by atoms with Crippen molar-refractivity contribution in [1.82, 2.24) is 0 Å². The number of hydrogen-bond acceptors (Lipinski definition) is 2. The van der Waals surface area contributed by atoms with E-state index < -0.39 is 11.6 Å². The lowest BCUT2D eigenvalue weighted by Crippen LogP contribution is -2.08. The van der Waals surface area contributed by atoms with E-state index in [1.54, 1.807) is 0 Å².